The Bertz CT molecular complexity index is 992. The Morgan fingerprint density at radius 2 is 1.96 bits per heavy atom. The van der Waals surface area contributed by atoms with Crippen LogP contribution in [0.4, 0.5) is 0 Å². The minimum atomic E-state index is -3.60. The molecule has 0 saturated heterocycles. The van der Waals surface area contributed by atoms with Crippen LogP contribution in [0.25, 0.3) is 0 Å². The van der Waals surface area contributed by atoms with Crippen LogP contribution in [0.2, 0.25) is 0 Å². The van der Waals surface area contributed by atoms with Crippen molar-refractivity contribution in [3.8, 4) is 0 Å². The van der Waals surface area contributed by atoms with E-state index in [-0.39, 0.29) is 36.1 Å². The van der Waals surface area contributed by atoms with E-state index in [4.69, 9.17) is 4.74 Å². The number of nitrogens with zero attached hydrogens (tertiary/aromatic N) is 1. The number of carbonyl (C=O) groups is 2. The molecule has 0 atom stereocenters. The number of benzene rings is 1. The second kappa shape index (κ2) is 7.38. The lowest BCUT2D eigenvalue weighted by Gasteiger charge is -2.02. The number of amidine groups is 1. The molecule has 136 valence electrons. The Labute approximate surface area is 154 Å². The number of ketones is 1. The molecule has 0 unspecified atom stereocenters. The first-order valence-corrected chi connectivity index (χ1v) is 10.1. The van der Waals surface area contributed by atoms with Crippen molar-refractivity contribution in [2.24, 2.45) is 4.99 Å². The van der Waals surface area contributed by atoms with Crippen molar-refractivity contribution in [1.82, 2.24) is 4.72 Å². The van der Waals surface area contributed by atoms with Crippen LogP contribution in [0, 0.1) is 6.92 Å². The van der Waals surface area contributed by atoms with Gasteiger partial charge < -0.3 is 4.74 Å². The van der Waals surface area contributed by atoms with Gasteiger partial charge in [0.1, 0.15) is 5.84 Å². The van der Waals surface area contributed by atoms with E-state index in [9.17, 15) is 18.0 Å². The quantitative estimate of drug-likeness (QED) is 0.598. The maximum absolute atomic E-state index is 12.0. The Hall–Kier alpha value is -2.52. The lowest BCUT2D eigenvalue weighted by Crippen LogP contribution is -2.22. The molecule has 2 aromatic rings. The summed E-state index contributed by atoms with van der Waals surface area (Å²) in [4.78, 5) is 29.5. The van der Waals surface area contributed by atoms with Crippen LogP contribution in [-0.2, 0) is 19.6 Å². The largest absolute Gasteiger partial charge is 0.457 e. The number of nitrogens with one attached hydrogen (secondary N) is 1. The van der Waals surface area contributed by atoms with Gasteiger partial charge in [0.15, 0.2) is 6.61 Å². The van der Waals surface area contributed by atoms with Crippen LogP contribution in [0.15, 0.2) is 46.3 Å². The number of Topliss-reactive ketones (excluding diaryl/α,β-unsaturated/α-hetero) is 1. The minimum absolute atomic E-state index is 0.0514. The first-order chi connectivity index (χ1) is 12.4. The summed E-state index contributed by atoms with van der Waals surface area (Å²) >= 11 is 1.35. The highest BCUT2D eigenvalue weighted by Crippen LogP contribution is 2.22. The maximum atomic E-state index is 12.0. The monoisotopic (exact) mass is 392 g/mol. The van der Waals surface area contributed by atoms with Crippen LogP contribution < -0.4 is 4.72 Å². The summed E-state index contributed by atoms with van der Waals surface area (Å²) in [6.45, 7) is 1.63. The normalized spacial score (nSPS) is 16.1. The zero-order chi connectivity index (χ0) is 18.7. The molecule has 0 aliphatic carbocycles. The molecule has 9 heteroatoms. The van der Waals surface area contributed by atoms with Gasteiger partial charge in [-0.05, 0) is 31.2 Å². The summed E-state index contributed by atoms with van der Waals surface area (Å²) in [6.07, 6.45) is -0.0514. The first-order valence-electron chi connectivity index (χ1n) is 7.79. The molecule has 1 aromatic carbocycles. The second-order valence-corrected chi connectivity index (χ2v) is 8.51. The molecule has 26 heavy (non-hydrogen) atoms. The van der Waals surface area contributed by atoms with Gasteiger partial charge in [0.05, 0.1) is 22.7 Å². The number of fused-ring (bicyclic) bond motifs is 1. The predicted molar refractivity (Wildman–Crippen MR) is 97.1 cm³/mol. The Balaban J connectivity index is 1.53. The van der Waals surface area contributed by atoms with E-state index < -0.39 is 16.0 Å². The average molecular weight is 392 g/mol. The summed E-state index contributed by atoms with van der Waals surface area (Å²) in [5.74, 6) is -0.608. The van der Waals surface area contributed by atoms with Crippen LogP contribution in [-0.4, -0.2) is 39.2 Å². The van der Waals surface area contributed by atoms with Crippen molar-refractivity contribution in [3.05, 3.63) is 51.7 Å². The van der Waals surface area contributed by atoms with E-state index >= 15 is 0 Å². The standard InChI is InChI=1S/C17H16N2O5S2/c1-11-6-7-14(25-11)13(20)10-24-16(21)8-9-18-17-12-4-2-3-5-15(12)26(22,23)19-17/h2-7H,8-10H2,1H3,(H,18,19). The molecular weight excluding hydrogens is 376 g/mol. The lowest BCUT2D eigenvalue weighted by atomic mass is 10.2. The number of hydrogen-bond donors (Lipinski definition) is 1. The van der Waals surface area contributed by atoms with E-state index in [0.29, 0.717) is 10.4 Å². The molecule has 0 bridgehead atoms. The summed E-state index contributed by atoms with van der Waals surface area (Å²) in [5, 5.41) is 0. The molecule has 0 fully saturated rings. The van der Waals surface area contributed by atoms with Gasteiger partial charge in [0.25, 0.3) is 10.0 Å². The average Bonchev–Trinajstić information content (AvgIpc) is 3.15. The van der Waals surface area contributed by atoms with Crippen LogP contribution in [0.3, 0.4) is 0 Å². The number of rotatable bonds is 6. The molecule has 2 heterocycles. The van der Waals surface area contributed by atoms with E-state index in [1.165, 1.54) is 17.4 Å². The van der Waals surface area contributed by atoms with Gasteiger partial charge in [-0.3, -0.25) is 19.3 Å². The summed E-state index contributed by atoms with van der Waals surface area (Å²) in [7, 11) is -3.60. The highest BCUT2D eigenvalue weighted by Gasteiger charge is 2.29. The lowest BCUT2D eigenvalue weighted by molar-refractivity contribution is -0.142. The number of esters is 1. The third kappa shape index (κ3) is 4.00. The highest BCUT2D eigenvalue weighted by molar-refractivity contribution is 7.90. The van der Waals surface area contributed by atoms with Gasteiger partial charge in [-0.15, -0.1) is 11.3 Å². The van der Waals surface area contributed by atoms with Crippen molar-refractivity contribution >= 4 is 38.9 Å². The molecule has 0 saturated carbocycles. The Morgan fingerprint density at radius 1 is 1.19 bits per heavy atom. The zero-order valence-corrected chi connectivity index (χ0v) is 15.5. The number of thiophene rings is 1. The molecule has 0 radical (unpaired) electrons. The number of sulfonamides is 1. The molecule has 0 spiro atoms. The number of carbonyl (C=O) groups excluding carboxylic acids is 2. The fraction of sp³-hybridized carbons (Fsp3) is 0.235. The van der Waals surface area contributed by atoms with Crippen LogP contribution in [0.1, 0.15) is 26.5 Å². The molecule has 0 amide bonds. The third-order valence-corrected chi connectivity index (χ3v) is 6.07. The smallest absolute Gasteiger partial charge is 0.308 e. The third-order valence-electron chi connectivity index (χ3n) is 3.63. The van der Waals surface area contributed by atoms with Gasteiger partial charge >= 0.3 is 5.97 Å². The Kier molecular flexibility index (Phi) is 5.19. The van der Waals surface area contributed by atoms with Crippen LogP contribution in [0.5, 0.6) is 0 Å². The van der Waals surface area contributed by atoms with Crippen LogP contribution >= 0.6 is 11.3 Å². The van der Waals surface area contributed by atoms with Gasteiger partial charge in [-0.1, -0.05) is 12.1 Å². The number of aliphatic imine (C=N–C) groups is 1. The van der Waals surface area contributed by atoms with E-state index in [2.05, 4.69) is 9.71 Å². The second-order valence-electron chi connectivity index (χ2n) is 5.58. The van der Waals surface area contributed by atoms with E-state index in [1.807, 2.05) is 13.0 Å². The number of aryl methyl sites for hydroxylation is 1. The van der Waals surface area contributed by atoms with Gasteiger partial charge in [0.2, 0.25) is 5.78 Å². The van der Waals surface area contributed by atoms with Gasteiger partial charge in [0, 0.05) is 10.4 Å². The van der Waals surface area contributed by atoms with Crippen molar-refractivity contribution in [3.63, 3.8) is 0 Å². The predicted octanol–water partition coefficient (Wildman–Crippen LogP) is 1.91. The topological polar surface area (TPSA) is 102 Å². The SMILES string of the molecule is Cc1ccc(C(=O)COC(=O)CCN=C2NS(=O)(=O)c3ccccc32)s1. The zero-order valence-electron chi connectivity index (χ0n) is 13.9. The number of hydrogen-bond acceptors (Lipinski definition) is 7. The number of ether oxygens (including phenoxy) is 1. The van der Waals surface area contributed by atoms with Crippen molar-refractivity contribution in [2.75, 3.05) is 13.2 Å². The molecule has 7 nitrogen and oxygen atoms in total. The summed E-state index contributed by atoms with van der Waals surface area (Å²) < 4.78 is 31.2. The van der Waals surface area contributed by atoms with Crippen molar-refractivity contribution in [2.45, 2.75) is 18.2 Å². The fourth-order valence-electron chi connectivity index (χ4n) is 2.38. The summed E-state index contributed by atoms with van der Waals surface area (Å²) in [6, 6.07) is 10.0. The maximum Gasteiger partial charge on any atom is 0.308 e. The minimum Gasteiger partial charge on any atom is -0.457 e. The van der Waals surface area contributed by atoms with E-state index in [0.717, 1.165) is 4.88 Å². The first kappa shape index (κ1) is 18.3. The fourth-order valence-corrected chi connectivity index (χ4v) is 4.43. The van der Waals surface area contributed by atoms with Crippen molar-refractivity contribution in [1.29, 1.82) is 0 Å². The highest BCUT2D eigenvalue weighted by atomic mass is 32.2. The molecular formula is C17H16N2O5S2. The molecule has 1 N–H and O–H groups in total. The molecule has 1 aromatic heterocycles. The molecule has 3 rings (SSSR count). The van der Waals surface area contributed by atoms with E-state index in [1.54, 1.807) is 24.3 Å². The molecule has 1 aliphatic heterocycles. The van der Waals surface area contributed by atoms with Gasteiger partial charge in [-0.2, -0.15) is 0 Å². The molecule has 1 aliphatic rings. The Morgan fingerprint density at radius 3 is 2.69 bits per heavy atom. The van der Waals surface area contributed by atoms with Gasteiger partial charge in [-0.25, -0.2) is 8.42 Å². The van der Waals surface area contributed by atoms with Crippen molar-refractivity contribution < 1.29 is 22.7 Å². The summed E-state index contributed by atoms with van der Waals surface area (Å²) in [5.41, 5.74) is 0.476.